The van der Waals surface area contributed by atoms with Crippen LogP contribution >= 0.6 is 11.8 Å². The molecule has 1 aromatic carbocycles. The van der Waals surface area contributed by atoms with E-state index < -0.39 is 0 Å². The molecule has 1 aromatic rings. The van der Waals surface area contributed by atoms with Crippen LogP contribution in [0, 0.1) is 13.8 Å². The first-order chi connectivity index (χ1) is 10.3. The summed E-state index contributed by atoms with van der Waals surface area (Å²) in [5.74, 6) is -0.390. The zero-order valence-corrected chi connectivity index (χ0v) is 14.5. The van der Waals surface area contributed by atoms with Crippen molar-refractivity contribution in [3.05, 3.63) is 46.0 Å². The average Bonchev–Trinajstić information content (AvgIpc) is 2.75. The minimum Gasteiger partial charge on any atom is -0.335 e. The molecule has 0 saturated carbocycles. The van der Waals surface area contributed by atoms with Gasteiger partial charge in [0.1, 0.15) is 0 Å². The lowest BCUT2D eigenvalue weighted by atomic mass is 10.1. The second-order valence-electron chi connectivity index (χ2n) is 5.45. The highest BCUT2D eigenvalue weighted by Gasteiger charge is 2.24. The van der Waals surface area contributed by atoms with Crippen LogP contribution in [0.15, 0.2) is 39.8 Å². The molecule has 0 aliphatic carbocycles. The summed E-state index contributed by atoms with van der Waals surface area (Å²) in [5.41, 5.74) is 3.98. The Balaban J connectivity index is 2.42. The first-order valence-electron chi connectivity index (χ1n) is 7.35. The first kappa shape index (κ1) is 16.6. The lowest BCUT2D eigenvalue weighted by molar-refractivity contribution is -0.119. The molecule has 0 spiro atoms. The summed E-state index contributed by atoms with van der Waals surface area (Å²) in [6.45, 7) is 10.0. The van der Waals surface area contributed by atoms with Gasteiger partial charge < -0.3 is 4.90 Å². The Labute approximate surface area is 136 Å². The number of hydrogen-bond acceptors (Lipinski definition) is 4. The summed E-state index contributed by atoms with van der Waals surface area (Å²) in [5, 5.41) is 1.04. The molecular weight excluding hydrogens is 294 g/mol. The van der Waals surface area contributed by atoms with E-state index in [1.54, 1.807) is 17.8 Å². The van der Waals surface area contributed by atoms with Gasteiger partial charge >= 0.3 is 0 Å². The van der Waals surface area contributed by atoms with Crippen molar-refractivity contribution in [3.8, 4) is 0 Å². The summed E-state index contributed by atoms with van der Waals surface area (Å²) in [4.78, 5) is 26.4. The molecule has 22 heavy (non-hydrogen) atoms. The van der Waals surface area contributed by atoms with Crippen LogP contribution in [0.4, 0.5) is 5.69 Å². The van der Waals surface area contributed by atoms with E-state index in [0.717, 1.165) is 11.6 Å². The number of carbonyl (C=O) groups excluding carboxylic acids is 2. The quantitative estimate of drug-likeness (QED) is 0.474. The molecule has 2 rings (SSSR count). The monoisotopic (exact) mass is 315 g/mol. The van der Waals surface area contributed by atoms with Crippen LogP contribution in [0.2, 0.25) is 0 Å². The molecule has 0 bridgehead atoms. The van der Waals surface area contributed by atoms with Crippen LogP contribution in [0.25, 0.3) is 0 Å². The molecule has 1 heterocycles. The molecule has 0 fully saturated rings. The maximum Gasteiger partial charge on any atom is 0.163 e. The van der Waals surface area contributed by atoms with Gasteiger partial charge in [0.25, 0.3) is 0 Å². The van der Waals surface area contributed by atoms with Gasteiger partial charge in [0, 0.05) is 11.4 Å². The summed E-state index contributed by atoms with van der Waals surface area (Å²) in [6, 6.07) is 4.39. The van der Waals surface area contributed by atoms with Crippen molar-refractivity contribution in [2.24, 2.45) is 0 Å². The molecule has 4 heteroatoms. The molecular formula is C18H21NO2S. The Hall–Kier alpha value is -1.81. The minimum atomic E-state index is -0.195. The van der Waals surface area contributed by atoms with Crippen LogP contribution in [0.3, 0.4) is 0 Å². The molecule has 0 amide bonds. The third-order valence-corrected chi connectivity index (χ3v) is 4.93. The zero-order chi connectivity index (χ0) is 16.4. The Morgan fingerprint density at radius 1 is 1.14 bits per heavy atom. The van der Waals surface area contributed by atoms with Crippen molar-refractivity contribution >= 4 is 29.0 Å². The van der Waals surface area contributed by atoms with E-state index in [4.69, 9.17) is 0 Å². The van der Waals surface area contributed by atoms with E-state index in [1.807, 2.05) is 6.08 Å². The summed E-state index contributed by atoms with van der Waals surface area (Å²) in [6.07, 6.45) is 3.51. The number of nitrogens with zero attached hydrogens (tertiary/aromatic N) is 1. The summed E-state index contributed by atoms with van der Waals surface area (Å²) >= 11 is 1.68. The molecule has 0 N–H and O–H groups in total. The third-order valence-electron chi connectivity index (χ3n) is 3.81. The molecule has 0 radical (unpaired) electrons. The Bertz CT molecular complexity index is 685. The number of aryl methyl sites for hydroxylation is 2. The number of Topliss-reactive ketones (excluding diaryl/α,β-unsaturated/α-hetero) is 2. The number of ketones is 2. The molecule has 1 aliphatic rings. The Kier molecular flexibility index (Phi) is 4.91. The van der Waals surface area contributed by atoms with Gasteiger partial charge in [-0.3, -0.25) is 9.59 Å². The van der Waals surface area contributed by atoms with Gasteiger partial charge in [-0.05, 0) is 70.0 Å². The first-order valence-corrected chi connectivity index (χ1v) is 8.17. The van der Waals surface area contributed by atoms with E-state index in [-0.39, 0.29) is 17.1 Å². The smallest absolute Gasteiger partial charge is 0.163 e. The second-order valence-corrected chi connectivity index (χ2v) is 6.51. The maximum atomic E-state index is 11.5. The number of fused-ring (bicyclic) bond motifs is 1. The minimum absolute atomic E-state index is 0.195. The number of anilines is 1. The largest absolute Gasteiger partial charge is 0.335 e. The lowest BCUT2D eigenvalue weighted by Crippen LogP contribution is -2.16. The molecule has 0 aromatic heterocycles. The normalized spacial score (nSPS) is 15.0. The van der Waals surface area contributed by atoms with Gasteiger partial charge in [0.15, 0.2) is 11.6 Å². The Morgan fingerprint density at radius 3 is 2.27 bits per heavy atom. The third kappa shape index (κ3) is 3.17. The van der Waals surface area contributed by atoms with Crippen molar-refractivity contribution in [2.45, 2.75) is 39.5 Å². The molecule has 0 unspecified atom stereocenters. The highest BCUT2D eigenvalue weighted by Crippen LogP contribution is 2.46. The van der Waals surface area contributed by atoms with Crippen molar-refractivity contribution in [2.75, 3.05) is 11.4 Å². The van der Waals surface area contributed by atoms with Gasteiger partial charge in [-0.15, -0.1) is 0 Å². The molecule has 1 aliphatic heterocycles. The van der Waals surface area contributed by atoms with Crippen molar-refractivity contribution in [3.63, 3.8) is 0 Å². The average molecular weight is 315 g/mol. The van der Waals surface area contributed by atoms with Crippen LogP contribution in [-0.2, 0) is 9.59 Å². The number of rotatable bonds is 4. The second kappa shape index (κ2) is 6.53. The van der Waals surface area contributed by atoms with Crippen molar-refractivity contribution in [1.82, 2.24) is 0 Å². The fourth-order valence-electron chi connectivity index (χ4n) is 2.44. The molecule has 0 atom stereocenters. The highest BCUT2D eigenvalue weighted by atomic mass is 32.2. The van der Waals surface area contributed by atoms with E-state index >= 15 is 0 Å². The van der Waals surface area contributed by atoms with Gasteiger partial charge in [0.2, 0.25) is 0 Å². The zero-order valence-electron chi connectivity index (χ0n) is 13.7. The van der Waals surface area contributed by atoms with Crippen LogP contribution in [0.1, 0.15) is 31.9 Å². The van der Waals surface area contributed by atoms with Gasteiger partial charge in [-0.1, -0.05) is 11.8 Å². The predicted octanol–water partition coefficient (Wildman–Crippen LogP) is 4.18. The molecule has 3 nitrogen and oxygen atoms in total. The molecule has 0 saturated heterocycles. The van der Waals surface area contributed by atoms with Crippen molar-refractivity contribution in [1.29, 1.82) is 0 Å². The highest BCUT2D eigenvalue weighted by molar-refractivity contribution is 8.03. The van der Waals surface area contributed by atoms with E-state index in [2.05, 4.69) is 37.8 Å². The van der Waals surface area contributed by atoms with E-state index in [1.165, 1.54) is 35.6 Å². The summed E-state index contributed by atoms with van der Waals surface area (Å²) < 4.78 is 0. The van der Waals surface area contributed by atoms with E-state index in [0.29, 0.717) is 0 Å². The standard InChI is InChI=1S/C18H21NO2S/c1-6-19-16-9-11(2)12(3)10-17(16)22-18(19)8-7-15(13(4)20)14(5)21/h7-10H,6H2,1-5H3. The summed E-state index contributed by atoms with van der Waals surface area (Å²) in [7, 11) is 0. The Morgan fingerprint density at radius 2 is 1.73 bits per heavy atom. The fourth-order valence-corrected chi connectivity index (χ4v) is 3.65. The van der Waals surface area contributed by atoms with Crippen LogP contribution in [0.5, 0.6) is 0 Å². The van der Waals surface area contributed by atoms with E-state index in [9.17, 15) is 9.59 Å². The molecule has 116 valence electrons. The van der Waals surface area contributed by atoms with Crippen molar-refractivity contribution < 1.29 is 9.59 Å². The number of thioether (sulfide) groups is 1. The maximum absolute atomic E-state index is 11.5. The lowest BCUT2D eigenvalue weighted by Gasteiger charge is -2.18. The number of benzene rings is 1. The van der Waals surface area contributed by atoms with Crippen LogP contribution < -0.4 is 4.90 Å². The fraction of sp³-hybridized carbons (Fsp3) is 0.333. The van der Waals surface area contributed by atoms with Gasteiger partial charge in [0.05, 0.1) is 16.3 Å². The number of allylic oxidation sites excluding steroid dienone is 3. The number of carbonyl (C=O) groups is 2. The SMILES string of the molecule is CCN1C(=CC=C(C(C)=O)C(C)=O)Sc2cc(C)c(C)cc21. The topological polar surface area (TPSA) is 37.4 Å². The predicted molar refractivity (Wildman–Crippen MR) is 92.3 cm³/mol. The van der Waals surface area contributed by atoms with Gasteiger partial charge in [-0.2, -0.15) is 0 Å². The van der Waals surface area contributed by atoms with Crippen LogP contribution in [-0.4, -0.2) is 18.1 Å². The number of hydrogen-bond donors (Lipinski definition) is 0. The van der Waals surface area contributed by atoms with Gasteiger partial charge in [-0.25, -0.2) is 0 Å².